The highest BCUT2D eigenvalue weighted by molar-refractivity contribution is 5.95. The number of amides is 1. The van der Waals surface area contributed by atoms with Crippen LogP contribution in [0.1, 0.15) is 29.2 Å². The molecular weight excluding hydrogens is 472 g/mol. The predicted molar refractivity (Wildman–Crippen MR) is 137 cm³/mol. The topological polar surface area (TPSA) is 113 Å². The third kappa shape index (κ3) is 4.61. The molecule has 0 aliphatic carbocycles. The molecule has 4 aromatic rings. The maximum atomic E-state index is 12.8. The Labute approximate surface area is 213 Å². The Kier molecular flexibility index (Phi) is 6.55. The molecule has 0 saturated heterocycles. The average Bonchev–Trinajstić information content (AvgIpc) is 3.27. The van der Waals surface area contributed by atoms with Crippen molar-refractivity contribution in [2.24, 2.45) is 0 Å². The molecule has 0 saturated carbocycles. The van der Waals surface area contributed by atoms with Gasteiger partial charge in [0.25, 0.3) is 5.95 Å². The molecule has 37 heavy (non-hydrogen) atoms. The Morgan fingerprint density at radius 2 is 1.95 bits per heavy atom. The minimum atomic E-state index is -0.243. The van der Waals surface area contributed by atoms with Crippen LogP contribution in [0.5, 0.6) is 17.2 Å². The molecule has 0 unspecified atom stereocenters. The molecule has 0 fully saturated rings. The second kappa shape index (κ2) is 10.1. The van der Waals surface area contributed by atoms with Crippen molar-refractivity contribution in [1.82, 2.24) is 25.0 Å². The third-order valence-corrected chi connectivity index (χ3v) is 6.17. The molecule has 2 aromatic heterocycles. The number of carbonyl (C=O) groups is 1. The highest BCUT2D eigenvalue weighted by atomic mass is 16.5. The smallest absolute Gasteiger partial charge is 0.272 e. The van der Waals surface area contributed by atoms with E-state index >= 15 is 0 Å². The molecule has 0 radical (unpaired) electrons. The van der Waals surface area contributed by atoms with Gasteiger partial charge in [-0.05, 0) is 48.9 Å². The van der Waals surface area contributed by atoms with Crippen LogP contribution in [0.3, 0.4) is 0 Å². The lowest BCUT2D eigenvalue weighted by molar-refractivity contribution is -0.116. The molecule has 1 aliphatic rings. The number of aryl methyl sites for hydroxylation is 1. The van der Waals surface area contributed by atoms with Gasteiger partial charge in [0.15, 0.2) is 11.5 Å². The van der Waals surface area contributed by atoms with Crippen LogP contribution in [0.4, 0.5) is 5.82 Å². The van der Waals surface area contributed by atoms with Crippen molar-refractivity contribution >= 4 is 11.7 Å². The Balaban J connectivity index is 1.56. The van der Waals surface area contributed by atoms with E-state index in [-0.39, 0.29) is 24.2 Å². The summed E-state index contributed by atoms with van der Waals surface area (Å²) in [6.07, 6.45) is 3.51. The first-order valence-corrected chi connectivity index (χ1v) is 11.7. The number of carbonyl (C=O) groups excluding carboxylic acids is 1. The summed E-state index contributed by atoms with van der Waals surface area (Å²) in [5.41, 5.74) is 4.01. The first kappa shape index (κ1) is 24.0. The first-order valence-electron chi connectivity index (χ1n) is 11.7. The molecule has 3 heterocycles. The number of ether oxygens (including phenoxy) is 3. The molecule has 0 bridgehead atoms. The van der Waals surface area contributed by atoms with Crippen LogP contribution in [0.25, 0.3) is 17.2 Å². The lowest BCUT2D eigenvalue weighted by Crippen LogP contribution is -2.25. The van der Waals surface area contributed by atoms with E-state index < -0.39 is 0 Å². The van der Waals surface area contributed by atoms with Gasteiger partial charge in [-0.1, -0.05) is 18.7 Å². The fourth-order valence-corrected chi connectivity index (χ4v) is 4.43. The highest BCUT2D eigenvalue weighted by Gasteiger charge is 2.34. The number of aromatic nitrogens is 5. The number of hydrogen-bond acceptors (Lipinski definition) is 8. The van der Waals surface area contributed by atoms with Crippen molar-refractivity contribution in [3.63, 3.8) is 0 Å². The van der Waals surface area contributed by atoms with Crippen molar-refractivity contribution in [2.75, 3.05) is 26.1 Å². The number of nitrogens with one attached hydrogen (secondary N) is 1. The summed E-state index contributed by atoms with van der Waals surface area (Å²) in [7, 11) is 3.20. The van der Waals surface area contributed by atoms with E-state index in [1.807, 2.05) is 49.4 Å². The normalized spacial score (nSPS) is 14.5. The summed E-state index contributed by atoms with van der Waals surface area (Å²) in [5.74, 6) is 2.33. The summed E-state index contributed by atoms with van der Waals surface area (Å²) in [4.78, 5) is 17.5. The van der Waals surface area contributed by atoms with Gasteiger partial charge in [0.2, 0.25) is 5.91 Å². The molecule has 1 aliphatic heterocycles. The Hall–Kier alpha value is -4.73. The molecule has 1 N–H and O–H groups in total. The Morgan fingerprint density at radius 1 is 1.14 bits per heavy atom. The van der Waals surface area contributed by atoms with Gasteiger partial charge in [-0.3, -0.25) is 4.79 Å². The van der Waals surface area contributed by atoms with E-state index in [1.54, 1.807) is 26.5 Å². The summed E-state index contributed by atoms with van der Waals surface area (Å²) in [6.45, 7) is 5.94. The Bertz CT molecular complexity index is 1460. The molecule has 188 valence electrons. The maximum Gasteiger partial charge on any atom is 0.272 e. The third-order valence-electron chi connectivity index (χ3n) is 6.17. The largest absolute Gasteiger partial charge is 0.497 e. The molecule has 2 aromatic carbocycles. The zero-order valence-electron chi connectivity index (χ0n) is 20.8. The van der Waals surface area contributed by atoms with Crippen molar-refractivity contribution < 1.29 is 19.0 Å². The minimum Gasteiger partial charge on any atom is -0.497 e. The van der Waals surface area contributed by atoms with Crippen LogP contribution >= 0.6 is 0 Å². The van der Waals surface area contributed by atoms with Crippen LogP contribution in [0, 0.1) is 6.92 Å². The van der Waals surface area contributed by atoms with Gasteiger partial charge < -0.3 is 19.5 Å². The van der Waals surface area contributed by atoms with Gasteiger partial charge in [0.05, 0.1) is 31.8 Å². The van der Waals surface area contributed by atoms with Crippen molar-refractivity contribution in [1.29, 1.82) is 0 Å². The van der Waals surface area contributed by atoms with Crippen LogP contribution in [-0.4, -0.2) is 51.7 Å². The second-order valence-electron chi connectivity index (χ2n) is 8.44. The minimum absolute atomic E-state index is 0.137. The molecule has 0 spiro atoms. The van der Waals surface area contributed by atoms with E-state index in [9.17, 15) is 4.79 Å². The van der Waals surface area contributed by atoms with Crippen LogP contribution in [-0.2, 0) is 4.79 Å². The number of anilines is 1. The number of benzene rings is 2. The van der Waals surface area contributed by atoms with Gasteiger partial charge in [-0.25, -0.2) is 4.98 Å². The van der Waals surface area contributed by atoms with Crippen molar-refractivity contribution in [2.45, 2.75) is 19.3 Å². The van der Waals surface area contributed by atoms with E-state index in [0.717, 1.165) is 28.1 Å². The summed E-state index contributed by atoms with van der Waals surface area (Å²) >= 11 is 0. The quantitative estimate of drug-likeness (QED) is 0.362. The number of fused-ring (bicyclic) bond motifs is 1. The van der Waals surface area contributed by atoms with E-state index in [0.29, 0.717) is 29.6 Å². The standard InChI is InChI=1S/C27H26N6O4/c1-5-12-37-23-13-18(8-11-22(23)36-4)20-14-24(34)30-26-25(20)16(2)32-33(26)27-29-21(15-28-31-27)17-6-9-19(35-3)10-7-17/h5-11,13,15,20H,1,12,14H2,2-4H3,(H,30,34)/t20-/m1/s1. The van der Waals surface area contributed by atoms with E-state index in [1.165, 1.54) is 4.68 Å². The fourth-order valence-electron chi connectivity index (χ4n) is 4.43. The van der Waals surface area contributed by atoms with Gasteiger partial charge >= 0.3 is 0 Å². The van der Waals surface area contributed by atoms with E-state index in [2.05, 4.69) is 32.2 Å². The summed E-state index contributed by atoms with van der Waals surface area (Å²) in [5, 5.41) is 16.0. The Morgan fingerprint density at radius 3 is 2.68 bits per heavy atom. The SMILES string of the molecule is C=CCOc1cc([C@H]2CC(=O)Nc3c2c(C)nn3-c2nncc(-c3ccc(OC)cc3)n2)ccc1OC. The molecule has 1 atom stereocenters. The lowest BCUT2D eigenvalue weighted by atomic mass is 9.85. The monoisotopic (exact) mass is 498 g/mol. The molecule has 5 rings (SSSR count). The fraction of sp³-hybridized carbons (Fsp3) is 0.222. The summed E-state index contributed by atoms with van der Waals surface area (Å²) < 4.78 is 18.0. The van der Waals surface area contributed by atoms with Gasteiger partial charge in [-0.2, -0.15) is 14.9 Å². The van der Waals surface area contributed by atoms with Gasteiger partial charge in [0, 0.05) is 23.5 Å². The highest BCUT2D eigenvalue weighted by Crippen LogP contribution is 2.42. The van der Waals surface area contributed by atoms with E-state index in [4.69, 9.17) is 14.2 Å². The zero-order chi connectivity index (χ0) is 25.9. The number of nitrogens with zero attached hydrogens (tertiary/aromatic N) is 5. The van der Waals surface area contributed by atoms with Gasteiger partial charge in [0.1, 0.15) is 18.2 Å². The molecule has 10 nitrogen and oxygen atoms in total. The maximum absolute atomic E-state index is 12.8. The zero-order valence-corrected chi connectivity index (χ0v) is 20.8. The molecular formula is C27H26N6O4. The molecule has 10 heteroatoms. The predicted octanol–water partition coefficient (Wildman–Crippen LogP) is 4.09. The average molecular weight is 499 g/mol. The van der Waals surface area contributed by atoms with Crippen LogP contribution in [0.2, 0.25) is 0 Å². The van der Waals surface area contributed by atoms with Gasteiger partial charge in [-0.15, -0.1) is 5.10 Å². The summed E-state index contributed by atoms with van der Waals surface area (Å²) in [6, 6.07) is 13.2. The van der Waals surface area contributed by atoms with Crippen LogP contribution in [0.15, 0.2) is 61.3 Å². The van der Waals surface area contributed by atoms with Crippen molar-refractivity contribution in [3.05, 3.63) is 78.1 Å². The number of hydrogen-bond donors (Lipinski definition) is 1. The van der Waals surface area contributed by atoms with Crippen LogP contribution < -0.4 is 19.5 Å². The second-order valence-corrected chi connectivity index (χ2v) is 8.44. The lowest BCUT2D eigenvalue weighted by Gasteiger charge is -2.25. The number of rotatable bonds is 8. The molecule has 1 amide bonds. The first-order chi connectivity index (χ1) is 18.0. The number of methoxy groups -OCH3 is 2. The van der Waals surface area contributed by atoms with Crippen molar-refractivity contribution in [3.8, 4) is 34.5 Å².